The Morgan fingerprint density at radius 1 is 1.33 bits per heavy atom. The maximum Gasteiger partial charge on any atom is 0.246 e. The molecule has 0 aromatic heterocycles. The van der Waals surface area contributed by atoms with Crippen LogP contribution in [0.3, 0.4) is 0 Å². The zero-order valence-corrected chi connectivity index (χ0v) is 12.6. The van der Waals surface area contributed by atoms with E-state index in [2.05, 4.69) is 10.6 Å². The zero-order chi connectivity index (χ0) is 13.9. The average molecular weight is 310 g/mol. The predicted molar refractivity (Wildman–Crippen MR) is 83.8 cm³/mol. The maximum absolute atomic E-state index is 12.2. The number of benzene rings is 1. The minimum Gasteiger partial charge on any atom is -0.346 e. The Bertz CT molecular complexity index is 529. The lowest BCUT2D eigenvalue weighted by Gasteiger charge is -2.18. The molecule has 0 saturated carbocycles. The van der Waals surface area contributed by atoms with Crippen molar-refractivity contribution in [3.8, 4) is 0 Å². The predicted octanol–water partition coefficient (Wildman–Crippen LogP) is 0.866. The van der Waals surface area contributed by atoms with Crippen LogP contribution in [0.25, 0.3) is 0 Å². The molecule has 0 radical (unpaired) electrons. The number of anilines is 1. The Kier molecular flexibility index (Phi) is 5.20. The molecule has 2 aliphatic heterocycles. The van der Waals surface area contributed by atoms with Crippen molar-refractivity contribution < 1.29 is 9.59 Å². The summed E-state index contributed by atoms with van der Waals surface area (Å²) in [4.78, 5) is 25.8. The van der Waals surface area contributed by atoms with Crippen molar-refractivity contribution in [2.75, 3.05) is 24.5 Å². The van der Waals surface area contributed by atoms with Crippen molar-refractivity contribution in [2.24, 2.45) is 0 Å². The summed E-state index contributed by atoms with van der Waals surface area (Å²) in [5.41, 5.74) is 2.18. The third-order valence-corrected chi connectivity index (χ3v) is 3.98. The first kappa shape index (κ1) is 15.8. The molecule has 2 heterocycles. The standard InChI is InChI=1S/C15H19N3O2.ClH/c19-14(10-17-15(20)12-5-3-8-16-12)18-9-7-11-4-1-2-6-13(11)18;/h1-2,4,6,12,16H,3,5,7-10H2,(H,17,20);1H. The molecule has 1 atom stereocenters. The van der Waals surface area contributed by atoms with E-state index in [0.717, 1.165) is 31.5 Å². The smallest absolute Gasteiger partial charge is 0.246 e. The molecule has 21 heavy (non-hydrogen) atoms. The Balaban J connectivity index is 0.00000161. The van der Waals surface area contributed by atoms with Crippen LogP contribution in [-0.2, 0) is 16.0 Å². The van der Waals surface area contributed by atoms with E-state index < -0.39 is 0 Å². The third kappa shape index (κ3) is 3.36. The van der Waals surface area contributed by atoms with E-state index in [0.29, 0.717) is 6.54 Å². The highest BCUT2D eigenvalue weighted by molar-refractivity contribution is 5.98. The molecule has 5 nitrogen and oxygen atoms in total. The number of amides is 2. The van der Waals surface area contributed by atoms with Crippen LogP contribution >= 0.6 is 12.4 Å². The summed E-state index contributed by atoms with van der Waals surface area (Å²) in [5.74, 6) is -0.107. The molecule has 2 N–H and O–H groups in total. The van der Waals surface area contributed by atoms with Gasteiger partial charge in [-0.25, -0.2) is 0 Å². The fourth-order valence-electron chi connectivity index (χ4n) is 2.89. The van der Waals surface area contributed by atoms with E-state index in [-0.39, 0.29) is 36.8 Å². The van der Waals surface area contributed by atoms with Gasteiger partial charge in [0.25, 0.3) is 0 Å². The number of carbonyl (C=O) groups excluding carboxylic acids is 2. The number of rotatable bonds is 3. The highest BCUT2D eigenvalue weighted by Gasteiger charge is 2.26. The topological polar surface area (TPSA) is 61.4 Å². The molecule has 1 aromatic carbocycles. The SMILES string of the molecule is Cl.O=C(NCC(=O)N1CCc2ccccc21)C1CCCN1. The third-order valence-electron chi connectivity index (χ3n) is 3.98. The van der Waals surface area contributed by atoms with Crippen LogP contribution in [0, 0.1) is 0 Å². The summed E-state index contributed by atoms with van der Waals surface area (Å²) < 4.78 is 0. The summed E-state index contributed by atoms with van der Waals surface area (Å²) >= 11 is 0. The number of hydrogen-bond acceptors (Lipinski definition) is 3. The maximum atomic E-state index is 12.2. The van der Waals surface area contributed by atoms with E-state index in [1.165, 1.54) is 5.56 Å². The minimum atomic E-state index is -0.131. The Morgan fingerprint density at radius 3 is 2.90 bits per heavy atom. The van der Waals surface area contributed by atoms with Crippen LogP contribution in [0.2, 0.25) is 0 Å². The van der Waals surface area contributed by atoms with Gasteiger partial charge >= 0.3 is 0 Å². The van der Waals surface area contributed by atoms with Crippen molar-refractivity contribution in [3.05, 3.63) is 29.8 Å². The van der Waals surface area contributed by atoms with E-state index in [1.807, 2.05) is 24.3 Å². The van der Waals surface area contributed by atoms with Crippen molar-refractivity contribution >= 4 is 29.9 Å². The van der Waals surface area contributed by atoms with Gasteiger partial charge in [-0.1, -0.05) is 18.2 Å². The van der Waals surface area contributed by atoms with E-state index >= 15 is 0 Å². The lowest BCUT2D eigenvalue weighted by Crippen LogP contribution is -2.45. The van der Waals surface area contributed by atoms with E-state index in [4.69, 9.17) is 0 Å². The van der Waals surface area contributed by atoms with Gasteiger partial charge in [0, 0.05) is 12.2 Å². The highest BCUT2D eigenvalue weighted by Crippen LogP contribution is 2.27. The van der Waals surface area contributed by atoms with Crippen LogP contribution in [0.15, 0.2) is 24.3 Å². The van der Waals surface area contributed by atoms with Crippen molar-refractivity contribution in [3.63, 3.8) is 0 Å². The first-order chi connectivity index (χ1) is 9.75. The fourth-order valence-corrected chi connectivity index (χ4v) is 2.89. The van der Waals surface area contributed by atoms with Gasteiger partial charge in [-0.3, -0.25) is 9.59 Å². The molecule has 2 amide bonds. The van der Waals surface area contributed by atoms with Gasteiger partial charge in [0.1, 0.15) is 0 Å². The van der Waals surface area contributed by atoms with Gasteiger partial charge in [-0.05, 0) is 37.4 Å². The van der Waals surface area contributed by atoms with Crippen molar-refractivity contribution in [1.29, 1.82) is 0 Å². The fraction of sp³-hybridized carbons (Fsp3) is 0.467. The molecular weight excluding hydrogens is 290 g/mol. The number of fused-ring (bicyclic) bond motifs is 1. The number of carbonyl (C=O) groups is 2. The molecule has 114 valence electrons. The van der Waals surface area contributed by atoms with Crippen LogP contribution in [0.1, 0.15) is 18.4 Å². The second kappa shape index (κ2) is 6.91. The molecule has 2 aliphatic rings. The van der Waals surface area contributed by atoms with Gasteiger partial charge in [0.15, 0.2) is 0 Å². The Labute approximate surface area is 130 Å². The Hall–Kier alpha value is -1.59. The lowest BCUT2D eigenvalue weighted by atomic mass is 10.2. The lowest BCUT2D eigenvalue weighted by molar-refractivity contribution is -0.126. The van der Waals surface area contributed by atoms with Gasteiger partial charge in [-0.2, -0.15) is 0 Å². The van der Waals surface area contributed by atoms with Crippen molar-refractivity contribution in [1.82, 2.24) is 10.6 Å². The molecule has 3 rings (SSSR count). The zero-order valence-electron chi connectivity index (χ0n) is 11.8. The first-order valence-corrected chi connectivity index (χ1v) is 7.15. The quantitative estimate of drug-likeness (QED) is 0.871. The summed E-state index contributed by atoms with van der Waals surface area (Å²) in [6.07, 6.45) is 2.76. The largest absolute Gasteiger partial charge is 0.346 e. The highest BCUT2D eigenvalue weighted by atomic mass is 35.5. The van der Waals surface area contributed by atoms with Crippen molar-refractivity contribution in [2.45, 2.75) is 25.3 Å². The molecule has 6 heteroatoms. The van der Waals surface area contributed by atoms with Gasteiger partial charge in [-0.15, -0.1) is 12.4 Å². The second-order valence-electron chi connectivity index (χ2n) is 5.29. The monoisotopic (exact) mass is 309 g/mol. The number of nitrogens with one attached hydrogen (secondary N) is 2. The number of nitrogens with zero attached hydrogens (tertiary/aromatic N) is 1. The summed E-state index contributed by atoms with van der Waals surface area (Å²) in [6, 6.07) is 7.80. The second-order valence-corrected chi connectivity index (χ2v) is 5.29. The van der Waals surface area contributed by atoms with Gasteiger partial charge in [0.05, 0.1) is 12.6 Å². The van der Waals surface area contributed by atoms with E-state index in [9.17, 15) is 9.59 Å². The van der Waals surface area contributed by atoms with Crippen LogP contribution < -0.4 is 15.5 Å². The van der Waals surface area contributed by atoms with E-state index in [1.54, 1.807) is 4.90 Å². The number of para-hydroxylation sites is 1. The molecule has 0 bridgehead atoms. The van der Waals surface area contributed by atoms with Crippen LogP contribution in [-0.4, -0.2) is 37.5 Å². The summed E-state index contributed by atoms with van der Waals surface area (Å²) in [5, 5.41) is 5.87. The number of halogens is 1. The molecule has 1 fully saturated rings. The van der Waals surface area contributed by atoms with Gasteiger partial charge < -0.3 is 15.5 Å². The summed E-state index contributed by atoms with van der Waals surface area (Å²) in [7, 11) is 0. The summed E-state index contributed by atoms with van der Waals surface area (Å²) in [6.45, 7) is 1.66. The Morgan fingerprint density at radius 2 is 2.14 bits per heavy atom. The first-order valence-electron chi connectivity index (χ1n) is 7.15. The molecule has 0 aliphatic carbocycles. The molecule has 1 saturated heterocycles. The normalized spacial score (nSPS) is 19.8. The molecule has 0 spiro atoms. The number of hydrogen-bond donors (Lipinski definition) is 2. The minimum absolute atomic E-state index is 0. The molecular formula is C15H20ClN3O2. The molecule has 1 unspecified atom stereocenters. The van der Waals surface area contributed by atoms with Crippen LogP contribution in [0.4, 0.5) is 5.69 Å². The van der Waals surface area contributed by atoms with Gasteiger partial charge in [0.2, 0.25) is 11.8 Å². The van der Waals surface area contributed by atoms with Crippen LogP contribution in [0.5, 0.6) is 0 Å². The molecule has 1 aromatic rings. The average Bonchev–Trinajstić information content (AvgIpc) is 3.13.